The van der Waals surface area contributed by atoms with Crippen LogP contribution in [-0.4, -0.2) is 12.2 Å². The molecule has 0 saturated heterocycles. The highest BCUT2D eigenvalue weighted by Gasteiger charge is 2.15. The van der Waals surface area contributed by atoms with Crippen LogP contribution in [0.1, 0.15) is 36.2 Å². The van der Waals surface area contributed by atoms with Crippen LogP contribution < -0.4 is 0 Å². The van der Waals surface area contributed by atoms with Gasteiger partial charge in [-0.1, -0.05) is 72.8 Å². The average Bonchev–Trinajstić information content (AvgIpc) is 2.54. The second-order valence-electron chi connectivity index (χ2n) is 5.22. The lowest BCUT2D eigenvalue weighted by Gasteiger charge is -2.19. The predicted octanol–water partition coefficient (Wildman–Crippen LogP) is 4.44. The molecule has 1 N–H and O–H groups in total. The number of hydrogen-bond donors (Lipinski definition) is 1. The summed E-state index contributed by atoms with van der Waals surface area (Å²) in [6.07, 6.45) is 0.745. The molecule has 0 amide bonds. The summed E-state index contributed by atoms with van der Waals surface area (Å²) in [4.78, 5) is 0. The fourth-order valence-electron chi connectivity index (χ4n) is 2.42. The highest BCUT2D eigenvalue weighted by Crippen LogP contribution is 2.28. The van der Waals surface area contributed by atoms with Gasteiger partial charge in [-0.05, 0) is 24.0 Å². The highest BCUT2D eigenvalue weighted by molar-refractivity contribution is 5.22. The SMILES string of the molecule is C=C(CC(O)c1ccccc1)CC(OC)c1ccccc1. The van der Waals surface area contributed by atoms with Gasteiger partial charge in [-0.25, -0.2) is 0 Å². The van der Waals surface area contributed by atoms with Gasteiger partial charge < -0.3 is 9.84 Å². The van der Waals surface area contributed by atoms with Gasteiger partial charge in [0.05, 0.1) is 12.2 Å². The molecule has 0 fully saturated rings. The summed E-state index contributed by atoms with van der Waals surface area (Å²) in [5.74, 6) is 0. The maximum absolute atomic E-state index is 10.2. The van der Waals surface area contributed by atoms with Gasteiger partial charge in [0, 0.05) is 7.11 Å². The van der Waals surface area contributed by atoms with E-state index in [2.05, 4.69) is 18.7 Å². The molecule has 2 heteroatoms. The first-order valence-electron chi connectivity index (χ1n) is 7.18. The van der Waals surface area contributed by atoms with Gasteiger partial charge in [-0.3, -0.25) is 0 Å². The number of ether oxygens (including phenoxy) is 1. The second-order valence-corrected chi connectivity index (χ2v) is 5.22. The fourth-order valence-corrected chi connectivity index (χ4v) is 2.42. The van der Waals surface area contributed by atoms with Gasteiger partial charge in [0.2, 0.25) is 0 Å². The topological polar surface area (TPSA) is 29.5 Å². The highest BCUT2D eigenvalue weighted by atomic mass is 16.5. The van der Waals surface area contributed by atoms with Gasteiger partial charge in [0.15, 0.2) is 0 Å². The van der Waals surface area contributed by atoms with Crippen molar-refractivity contribution in [3.05, 3.63) is 83.9 Å². The number of rotatable bonds is 7. The molecule has 0 aliphatic carbocycles. The zero-order valence-corrected chi connectivity index (χ0v) is 12.4. The van der Waals surface area contributed by atoms with Crippen LogP contribution in [0.4, 0.5) is 0 Å². The van der Waals surface area contributed by atoms with Gasteiger partial charge in [-0.15, -0.1) is 0 Å². The Morgan fingerprint density at radius 1 is 0.952 bits per heavy atom. The first kappa shape index (κ1) is 15.5. The van der Waals surface area contributed by atoms with Crippen LogP contribution in [-0.2, 0) is 4.74 Å². The Bertz CT molecular complexity index is 548. The Morgan fingerprint density at radius 3 is 2.00 bits per heavy atom. The van der Waals surface area contributed by atoms with E-state index in [4.69, 9.17) is 4.74 Å². The maximum Gasteiger partial charge on any atom is 0.0858 e. The molecule has 0 saturated carbocycles. The first-order chi connectivity index (χ1) is 10.2. The lowest BCUT2D eigenvalue weighted by molar-refractivity contribution is 0.0997. The molecule has 0 aliphatic rings. The largest absolute Gasteiger partial charge is 0.388 e. The summed E-state index contributed by atoms with van der Waals surface area (Å²) in [5, 5.41) is 10.2. The molecule has 0 heterocycles. The van der Waals surface area contributed by atoms with Crippen LogP contribution in [0.5, 0.6) is 0 Å². The van der Waals surface area contributed by atoms with Crippen molar-refractivity contribution in [3.63, 3.8) is 0 Å². The monoisotopic (exact) mass is 282 g/mol. The van der Waals surface area contributed by atoms with Crippen LogP contribution in [0.2, 0.25) is 0 Å². The molecule has 21 heavy (non-hydrogen) atoms. The zero-order valence-electron chi connectivity index (χ0n) is 12.4. The molecule has 0 aliphatic heterocycles. The predicted molar refractivity (Wildman–Crippen MR) is 86.0 cm³/mol. The van der Waals surface area contributed by atoms with E-state index in [1.54, 1.807) is 7.11 Å². The van der Waals surface area contributed by atoms with E-state index in [0.717, 1.165) is 16.7 Å². The lowest BCUT2D eigenvalue weighted by atomic mass is 9.96. The van der Waals surface area contributed by atoms with Gasteiger partial charge in [-0.2, -0.15) is 0 Å². The summed E-state index contributed by atoms with van der Waals surface area (Å²) < 4.78 is 5.55. The van der Waals surface area contributed by atoms with Crippen molar-refractivity contribution in [2.45, 2.75) is 25.0 Å². The van der Waals surface area contributed by atoms with E-state index in [1.807, 2.05) is 48.5 Å². The molecule has 2 unspecified atom stereocenters. The minimum Gasteiger partial charge on any atom is -0.388 e. The van der Waals surface area contributed by atoms with Crippen molar-refractivity contribution in [2.75, 3.05) is 7.11 Å². The van der Waals surface area contributed by atoms with Gasteiger partial charge >= 0.3 is 0 Å². The summed E-state index contributed by atoms with van der Waals surface area (Å²) in [5.41, 5.74) is 3.05. The summed E-state index contributed by atoms with van der Waals surface area (Å²) in [6.45, 7) is 4.09. The van der Waals surface area contributed by atoms with Crippen molar-refractivity contribution in [1.82, 2.24) is 0 Å². The molecule has 110 valence electrons. The third-order valence-corrected chi connectivity index (χ3v) is 3.60. The number of methoxy groups -OCH3 is 1. The Balaban J connectivity index is 1.94. The van der Waals surface area contributed by atoms with Crippen molar-refractivity contribution in [1.29, 1.82) is 0 Å². The Labute approximate surface area is 126 Å². The molecular weight excluding hydrogens is 260 g/mol. The molecule has 2 nitrogen and oxygen atoms in total. The smallest absolute Gasteiger partial charge is 0.0858 e. The fraction of sp³-hybridized carbons (Fsp3) is 0.263. The average molecular weight is 282 g/mol. The van der Waals surface area contributed by atoms with Crippen molar-refractivity contribution in [2.24, 2.45) is 0 Å². The lowest BCUT2D eigenvalue weighted by Crippen LogP contribution is -2.05. The van der Waals surface area contributed by atoms with Crippen LogP contribution in [0.25, 0.3) is 0 Å². The molecule has 2 rings (SSSR count). The van der Waals surface area contributed by atoms with Crippen LogP contribution >= 0.6 is 0 Å². The van der Waals surface area contributed by atoms with Crippen LogP contribution in [0.15, 0.2) is 72.8 Å². The third kappa shape index (κ3) is 4.55. The molecule has 0 bridgehead atoms. The van der Waals surface area contributed by atoms with Crippen molar-refractivity contribution >= 4 is 0 Å². The van der Waals surface area contributed by atoms with Gasteiger partial charge in [0.25, 0.3) is 0 Å². The Hall–Kier alpha value is -1.90. The van der Waals surface area contributed by atoms with Crippen LogP contribution in [0, 0.1) is 0 Å². The van der Waals surface area contributed by atoms with E-state index in [0.29, 0.717) is 12.8 Å². The first-order valence-corrected chi connectivity index (χ1v) is 7.18. The van der Waals surface area contributed by atoms with Gasteiger partial charge in [0.1, 0.15) is 0 Å². The van der Waals surface area contributed by atoms with Crippen molar-refractivity contribution < 1.29 is 9.84 Å². The Kier molecular flexibility index (Phi) is 5.73. The second kappa shape index (κ2) is 7.77. The molecule has 0 spiro atoms. The number of benzene rings is 2. The van der Waals surface area contributed by atoms with E-state index in [9.17, 15) is 5.11 Å². The van der Waals surface area contributed by atoms with E-state index >= 15 is 0 Å². The molecule has 2 aromatic carbocycles. The number of aliphatic hydroxyl groups excluding tert-OH is 1. The summed E-state index contributed by atoms with van der Waals surface area (Å²) in [6, 6.07) is 19.8. The normalized spacial score (nSPS) is 13.6. The minimum atomic E-state index is -0.507. The Morgan fingerprint density at radius 2 is 1.48 bits per heavy atom. The minimum absolute atomic E-state index is 0.0123. The third-order valence-electron chi connectivity index (χ3n) is 3.60. The summed E-state index contributed by atoms with van der Waals surface area (Å²) >= 11 is 0. The molecule has 2 atom stereocenters. The summed E-state index contributed by atoms with van der Waals surface area (Å²) in [7, 11) is 1.71. The molecular formula is C19H22O2. The van der Waals surface area contributed by atoms with E-state index in [-0.39, 0.29) is 6.10 Å². The molecule has 0 aromatic heterocycles. The molecule has 2 aromatic rings. The van der Waals surface area contributed by atoms with Crippen LogP contribution in [0.3, 0.4) is 0 Å². The number of aliphatic hydroxyl groups is 1. The standard InChI is InChI=1S/C19H22O2/c1-15(13-18(20)16-9-5-3-6-10-16)14-19(21-2)17-11-7-4-8-12-17/h3-12,18-20H,1,13-14H2,2H3. The van der Waals surface area contributed by atoms with E-state index in [1.165, 1.54) is 0 Å². The molecule has 0 radical (unpaired) electrons. The van der Waals surface area contributed by atoms with E-state index < -0.39 is 6.10 Å². The maximum atomic E-state index is 10.2. The zero-order chi connectivity index (χ0) is 15.1. The quantitative estimate of drug-likeness (QED) is 0.760. The number of hydrogen-bond acceptors (Lipinski definition) is 2. The van der Waals surface area contributed by atoms with Crippen molar-refractivity contribution in [3.8, 4) is 0 Å².